The normalized spacial score (nSPS) is 22.1. The lowest BCUT2D eigenvalue weighted by molar-refractivity contribution is -0.119. The van der Waals surface area contributed by atoms with Gasteiger partial charge >= 0.3 is 0 Å². The van der Waals surface area contributed by atoms with Crippen molar-refractivity contribution in [1.29, 1.82) is 0 Å². The largest absolute Gasteiger partial charge is 0.353 e. The maximum Gasteiger partial charge on any atom is 0.230 e. The lowest BCUT2D eigenvalue weighted by Gasteiger charge is -2.39. The van der Waals surface area contributed by atoms with E-state index < -0.39 is 0 Å². The van der Waals surface area contributed by atoms with Gasteiger partial charge in [-0.25, -0.2) is 4.68 Å². The van der Waals surface area contributed by atoms with Gasteiger partial charge in [0.05, 0.1) is 5.75 Å². The zero-order valence-electron chi connectivity index (χ0n) is 14.6. The molecule has 1 aliphatic rings. The number of thioether (sulfide) groups is 1. The third-order valence-electron chi connectivity index (χ3n) is 5.28. The lowest BCUT2D eigenvalue weighted by atomic mass is 9.69. The van der Waals surface area contributed by atoms with Crippen LogP contribution < -0.4 is 11.2 Å². The molecule has 130 valence electrons. The second-order valence-electron chi connectivity index (χ2n) is 7.15. The van der Waals surface area contributed by atoms with E-state index in [1.165, 1.54) is 35.7 Å². The Labute approximate surface area is 143 Å². The molecule has 1 heterocycles. The number of carbonyl (C=O) groups excluding carboxylic acids is 1. The molecule has 23 heavy (non-hydrogen) atoms. The Morgan fingerprint density at radius 2 is 2.00 bits per heavy atom. The smallest absolute Gasteiger partial charge is 0.230 e. The zero-order chi connectivity index (χ0) is 17.0. The molecule has 1 fully saturated rings. The molecule has 1 amide bonds. The van der Waals surface area contributed by atoms with Crippen LogP contribution in [0.2, 0.25) is 0 Å². The van der Waals surface area contributed by atoms with E-state index in [0.29, 0.717) is 28.2 Å². The number of aryl methyl sites for hydroxylation is 1. The Kier molecular flexibility index (Phi) is 5.95. The van der Waals surface area contributed by atoms with Crippen molar-refractivity contribution in [3.05, 3.63) is 5.82 Å². The van der Waals surface area contributed by atoms with Crippen molar-refractivity contribution >= 4 is 17.7 Å². The van der Waals surface area contributed by atoms with E-state index in [-0.39, 0.29) is 5.91 Å². The predicted octanol–water partition coefficient (Wildman–Crippen LogP) is 2.50. The molecule has 0 aliphatic heterocycles. The second-order valence-corrected chi connectivity index (χ2v) is 8.09. The van der Waals surface area contributed by atoms with Gasteiger partial charge in [-0.2, -0.15) is 0 Å². The number of rotatable bonds is 6. The Morgan fingerprint density at radius 1 is 1.35 bits per heavy atom. The molecule has 0 atom stereocenters. The summed E-state index contributed by atoms with van der Waals surface area (Å²) >= 11 is 1.33. The highest BCUT2D eigenvalue weighted by Crippen LogP contribution is 2.40. The summed E-state index contributed by atoms with van der Waals surface area (Å²) in [5, 5.41) is 11.6. The number of nitrogens with one attached hydrogen (secondary N) is 1. The van der Waals surface area contributed by atoms with Crippen molar-refractivity contribution in [2.75, 3.05) is 11.6 Å². The summed E-state index contributed by atoms with van der Waals surface area (Å²) in [5.41, 5.74) is 0.411. The fourth-order valence-corrected chi connectivity index (χ4v) is 3.87. The molecule has 3 N–H and O–H groups in total. The fourth-order valence-electron chi connectivity index (χ4n) is 3.16. The van der Waals surface area contributed by atoms with Crippen molar-refractivity contribution in [2.24, 2.45) is 11.3 Å². The number of nitrogens with two attached hydrogens (primary N) is 1. The first-order chi connectivity index (χ1) is 10.8. The van der Waals surface area contributed by atoms with Gasteiger partial charge in [-0.3, -0.25) is 4.79 Å². The van der Waals surface area contributed by atoms with E-state index in [0.717, 1.165) is 18.8 Å². The van der Waals surface area contributed by atoms with E-state index >= 15 is 0 Å². The summed E-state index contributed by atoms with van der Waals surface area (Å²) in [6, 6.07) is 0.310. The zero-order valence-corrected chi connectivity index (χ0v) is 15.4. The van der Waals surface area contributed by atoms with Gasteiger partial charge in [-0.1, -0.05) is 39.0 Å². The van der Waals surface area contributed by atoms with Crippen LogP contribution in [-0.2, 0) is 4.79 Å². The van der Waals surface area contributed by atoms with Gasteiger partial charge in [0, 0.05) is 6.04 Å². The maximum atomic E-state index is 12.1. The quantitative estimate of drug-likeness (QED) is 0.614. The fraction of sp³-hybridized carbons (Fsp3) is 0.812. The Balaban J connectivity index is 1.74. The molecular formula is C16H29N5OS. The molecule has 0 bridgehead atoms. The van der Waals surface area contributed by atoms with E-state index in [1.807, 2.05) is 0 Å². The van der Waals surface area contributed by atoms with Crippen LogP contribution >= 0.6 is 11.8 Å². The summed E-state index contributed by atoms with van der Waals surface area (Å²) < 4.78 is 1.41. The number of amides is 1. The molecule has 1 aliphatic carbocycles. The molecule has 1 aromatic heterocycles. The number of carbonyl (C=O) groups is 1. The predicted molar refractivity (Wildman–Crippen MR) is 93.6 cm³/mol. The van der Waals surface area contributed by atoms with E-state index in [9.17, 15) is 4.79 Å². The standard InChI is InChI=1S/C16H29N5OS/c1-5-16(3,4)12-6-8-13(9-7-12)18-14(22)10-23-15-20-19-11(2)21(15)17/h12-13H,5-10,17H2,1-4H3,(H,18,22). The molecule has 0 radical (unpaired) electrons. The molecule has 7 heteroatoms. The molecule has 1 aromatic rings. The molecular weight excluding hydrogens is 310 g/mol. The summed E-state index contributed by atoms with van der Waals surface area (Å²) in [4.78, 5) is 12.1. The molecule has 0 saturated heterocycles. The summed E-state index contributed by atoms with van der Waals surface area (Å²) in [5.74, 6) is 7.58. The van der Waals surface area contributed by atoms with Crippen LogP contribution in [-0.4, -0.2) is 32.6 Å². The highest BCUT2D eigenvalue weighted by atomic mass is 32.2. The van der Waals surface area contributed by atoms with Gasteiger partial charge in [-0.05, 0) is 43.9 Å². The van der Waals surface area contributed by atoms with Gasteiger partial charge < -0.3 is 11.2 Å². The van der Waals surface area contributed by atoms with Crippen molar-refractivity contribution in [3.8, 4) is 0 Å². The molecule has 0 aromatic carbocycles. The minimum Gasteiger partial charge on any atom is -0.353 e. The van der Waals surface area contributed by atoms with Gasteiger partial charge in [0.2, 0.25) is 11.1 Å². The van der Waals surface area contributed by atoms with Crippen LogP contribution in [0.25, 0.3) is 0 Å². The second kappa shape index (κ2) is 7.55. The maximum absolute atomic E-state index is 12.1. The van der Waals surface area contributed by atoms with Crippen LogP contribution in [0.1, 0.15) is 58.7 Å². The Hall–Kier alpha value is -1.24. The first kappa shape index (κ1) is 18.1. The first-order valence-electron chi connectivity index (χ1n) is 8.42. The van der Waals surface area contributed by atoms with Crippen molar-refractivity contribution in [1.82, 2.24) is 20.2 Å². The monoisotopic (exact) mass is 339 g/mol. The third kappa shape index (κ3) is 4.62. The molecule has 2 rings (SSSR count). The third-order valence-corrected chi connectivity index (χ3v) is 6.22. The average Bonchev–Trinajstić information content (AvgIpc) is 2.85. The molecule has 0 unspecified atom stereocenters. The number of hydrogen-bond acceptors (Lipinski definition) is 5. The number of aromatic nitrogens is 3. The Morgan fingerprint density at radius 3 is 2.52 bits per heavy atom. The van der Waals surface area contributed by atoms with Crippen LogP contribution in [0, 0.1) is 18.3 Å². The average molecular weight is 340 g/mol. The van der Waals surface area contributed by atoms with Crippen LogP contribution in [0.15, 0.2) is 5.16 Å². The van der Waals surface area contributed by atoms with Crippen LogP contribution in [0.5, 0.6) is 0 Å². The summed E-state index contributed by atoms with van der Waals surface area (Å²) in [6.45, 7) is 8.77. The van der Waals surface area contributed by atoms with Crippen molar-refractivity contribution in [2.45, 2.75) is 71.0 Å². The number of nitrogen functional groups attached to an aromatic ring is 1. The van der Waals surface area contributed by atoms with Crippen LogP contribution in [0.4, 0.5) is 0 Å². The first-order valence-corrected chi connectivity index (χ1v) is 9.41. The SMILES string of the molecule is CCC(C)(C)C1CCC(NC(=O)CSc2nnc(C)n2N)CC1. The van der Waals surface area contributed by atoms with Crippen LogP contribution in [0.3, 0.4) is 0 Å². The number of nitrogens with zero attached hydrogens (tertiary/aromatic N) is 3. The topological polar surface area (TPSA) is 85.8 Å². The number of hydrogen-bond donors (Lipinski definition) is 2. The van der Waals surface area contributed by atoms with E-state index in [2.05, 4.69) is 36.3 Å². The summed E-state index contributed by atoms with van der Waals surface area (Å²) in [7, 11) is 0. The minimum absolute atomic E-state index is 0.0499. The van der Waals surface area contributed by atoms with Gasteiger partial charge in [-0.15, -0.1) is 10.2 Å². The van der Waals surface area contributed by atoms with E-state index in [4.69, 9.17) is 5.84 Å². The summed E-state index contributed by atoms with van der Waals surface area (Å²) in [6.07, 6.45) is 5.78. The highest BCUT2D eigenvalue weighted by molar-refractivity contribution is 7.99. The Bertz CT molecular complexity index is 535. The molecule has 0 spiro atoms. The van der Waals surface area contributed by atoms with Gasteiger partial charge in [0.25, 0.3) is 0 Å². The molecule has 6 nitrogen and oxygen atoms in total. The van der Waals surface area contributed by atoms with Crippen molar-refractivity contribution in [3.63, 3.8) is 0 Å². The highest BCUT2D eigenvalue weighted by Gasteiger charge is 2.32. The van der Waals surface area contributed by atoms with Crippen molar-refractivity contribution < 1.29 is 4.79 Å². The molecule has 1 saturated carbocycles. The minimum atomic E-state index is 0.0499. The van der Waals surface area contributed by atoms with Gasteiger partial charge in [0.1, 0.15) is 5.82 Å². The van der Waals surface area contributed by atoms with E-state index in [1.54, 1.807) is 6.92 Å². The lowest BCUT2D eigenvalue weighted by Crippen LogP contribution is -2.40. The van der Waals surface area contributed by atoms with Gasteiger partial charge in [0.15, 0.2) is 0 Å².